The van der Waals surface area contributed by atoms with Crippen molar-refractivity contribution in [3.05, 3.63) is 28.8 Å². The van der Waals surface area contributed by atoms with Crippen LogP contribution in [-0.4, -0.2) is 19.7 Å². The zero-order chi connectivity index (χ0) is 13.7. The van der Waals surface area contributed by atoms with Crippen LogP contribution >= 0.6 is 24.0 Å². The SMILES string of the molecule is CC(C)c1ccc(OCCC2CCNCC2)c(Cl)c1.Cl. The van der Waals surface area contributed by atoms with Gasteiger partial charge in [0.25, 0.3) is 0 Å². The normalized spacial score (nSPS) is 16.0. The highest BCUT2D eigenvalue weighted by Gasteiger charge is 2.13. The van der Waals surface area contributed by atoms with Crippen molar-refractivity contribution in [2.75, 3.05) is 19.7 Å². The summed E-state index contributed by atoms with van der Waals surface area (Å²) in [6.45, 7) is 7.40. The number of hydrogen-bond donors (Lipinski definition) is 1. The van der Waals surface area contributed by atoms with Crippen LogP contribution in [0.15, 0.2) is 18.2 Å². The van der Waals surface area contributed by atoms with Crippen LogP contribution in [0.3, 0.4) is 0 Å². The summed E-state index contributed by atoms with van der Waals surface area (Å²) in [6.07, 6.45) is 3.66. The van der Waals surface area contributed by atoms with Crippen LogP contribution in [0, 0.1) is 5.92 Å². The molecule has 0 atom stereocenters. The second-order valence-corrected chi connectivity index (χ2v) is 6.08. The molecule has 0 aromatic heterocycles. The number of hydrogen-bond acceptors (Lipinski definition) is 2. The molecule has 0 saturated carbocycles. The summed E-state index contributed by atoms with van der Waals surface area (Å²) >= 11 is 6.26. The Morgan fingerprint density at radius 1 is 1.30 bits per heavy atom. The third kappa shape index (κ3) is 5.16. The van der Waals surface area contributed by atoms with E-state index in [4.69, 9.17) is 16.3 Å². The van der Waals surface area contributed by atoms with E-state index in [0.29, 0.717) is 5.92 Å². The van der Waals surface area contributed by atoms with Crippen LogP contribution in [0.1, 0.15) is 44.6 Å². The summed E-state index contributed by atoms with van der Waals surface area (Å²) in [5.74, 6) is 2.12. The maximum absolute atomic E-state index is 6.26. The van der Waals surface area contributed by atoms with Gasteiger partial charge >= 0.3 is 0 Å². The zero-order valence-corrected chi connectivity index (χ0v) is 13.9. The van der Waals surface area contributed by atoms with Crippen molar-refractivity contribution in [1.82, 2.24) is 5.32 Å². The van der Waals surface area contributed by atoms with Gasteiger partial charge in [-0.2, -0.15) is 0 Å². The molecule has 114 valence electrons. The molecule has 1 heterocycles. The first-order chi connectivity index (χ1) is 9.16. The third-order valence-corrected chi connectivity index (χ3v) is 4.16. The number of halogens is 2. The lowest BCUT2D eigenvalue weighted by Gasteiger charge is -2.22. The number of rotatable bonds is 5. The highest BCUT2D eigenvalue weighted by molar-refractivity contribution is 6.32. The largest absolute Gasteiger partial charge is 0.492 e. The average Bonchev–Trinajstić information content (AvgIpc) is 2.41. The van der Waals surface area contributed by atoms with Crippen LogP contribution in [0.4, 0.5) is 0 Å². The topological polar surface area (TPSA) is 21.3 Å². The fourth-order valence-electron chi connectivity index (χ4n) is 2.50. The molecule has 1 aromatic carbocycles. The van der Waals surface area contributed by atoms with Gasteiger partial charge in [-0.1, -0.05) is 31.5 Å². The number of piperidine rings is 1. The van der Waals surface area contributed by atoms with Gasteiger partial charge in [0.2, 0.25) is 0 Å². The number of nitrogens with one attached hydrogen (secondary N) is 1. The van der Waals surface area contributed by atoms with Crippen LogP contribution in [-0.2, 0) is 0 Å². The fraction of sp³-hybridized carbons (Fsp3) is 0.625. The smallest absolute Gasteiger partial charge is 0.137 e. The van der Waals surface area contributed by atoms with Gasteiger partial charge in [-0.15, -0.1) is 12.4 Å². The molecular formula is C16H25Cl2NO. The fourth-order valence-corrected chi connectivity index (χ4v) is 2.74. The standard InChI is InChI=1S/C16H24ClNO.ClH/c1-12(2)14-3-4-16(15(17)11-14)19-10-7-13-5-8-18-9-6-13;/h3-4,11-13,18H,5-10H2,1-2H3;1H. The molecule has 1 N–H and O–H groups in total. The summed E-state index contributed by atoms with van der Waals surface area (Å²) in [7, 11) is 0. The van der Waals surface area contributed by atoms with E-state index >= 15 is 0 Å². The van der Waals surface area contributed by atoms with E-state index in [0.717, 1.165) is 42.8 Å². The second kappa shape index (κ2) is 8.76. The number of benzene rings is 1. The second-order valence-electron chi connectivity index (χ2n) is 5.68. The van der Waals surface area contributed by atoms with Crippen LogP contribution in [0.25, 0.3) is 0 Å². The van der Waals surface area contributed by atoms with Crippen molar-refractivity contribution >= 4 is 24.0 Å². The van der Waals surface area contributed by atoms with Gasteiger partial charge in [0, 0.05) is 0 Å². The van der Waals surface area contributed by atoms with Crippen molar-refractivity contribution < 1.29 is 4.74 Å². The summed E-state index contributed by atoms with van der Waals surface area (Å²) in [5, 5.41) is 4.12. The van der Waals surface area contributed by atoms with E-state index in [2.05, 4.69) is 25.2 Å². The predicted octanol–water partition coefficient (Wildman–Crippen LogP) is 4.65. The zero-order valence-electron chi connectivity index (χ0n) is 12.3. The van der Waals surface area contributed by atoms with Gasteiger partial charge in [0.1, 0.15) is 5.75 Å². The van der Waals surface area contributed by atoms with E-state index in [1.807, 2.05) is 12.1 Å². The Balaban J connectivity index is 0.00000200. The van der Waals surface area contributed by atoms with E-state index < -0.39 is 0 Å². The minimum Gasteiger partial charge on any atom is -0.492 e. The summed E-state index contributed by atoms with van der Waals surface area (Å²) < 4.78 is 5.82. The van der Waals surface area contributed by atoms with Gasteiger partial charge < -0.3 is 10.1 Å². The Morgan fingerprint density at radius 2 is 2.00 bits per heavy atom. The van der Waals surface area contributed by atoms with Gasteiger partial charge in [0.15, 0.2) is 0 Å². The third-order valence-electron chi connectivity index (χ3n) is 3.86. The van der Waals surface area contributed by atoms with E-state index in [1.165, 1.54) is 18.4 Å². The lowest BCUT2D eigenvalue weighted by molar-refractivity contribution is 0.252. The van der Waals surface area contributed by atoms with Gasteiger partial charge in [-0.3, -0.25) is 0 Å². The molecule has 2 rings (SSSR count). The molecule has 1 aliphatic heterocycles. The highest BCUT2D eigenvalue weighted by Crippen LogP contribution is 2.29. The lowest BCUT2D eigenvalue weighted by atomic mass is 9.95. The van der Waals surface area contributed by atoms with Crippen molar-refractivity contribution in [3.63, 3.8) is 0 Å². The summed E-state index contributed by atoms with van der Waals surface area (Å²) in [6, 6.07) is 6.13. The van der Waals surface area contributed by atoms with Crippen molar-refractivity contribution in [1.29, 1.82) is 0 Å². The molecule has 0 amide bonds. The molecule has 1 fully saturated rings. The predicted molar refractivity (Wildman–Crippen MR) is 88.5 cm³/mol. The Labute approximate surface area is 133 Å². The molecule has 0 radical (unpaired) electrons. The monoisotopic (exact) mass is 317 g/mol. The van der Waals surface area contributed by atoms with Crippen LogP contribution < -0.4 is 10.1 Å². The van der Waals surface area contributed by atoms with Crippen molar-refractivity contribution in [2.24, 2.45) is 5.92 Å². The van der Waals surface area contributed by atoms with Crippen molar-refractivity contribution in [3.8, 4) is 5.75 Å². The molecule has 0 bridgehead atoms. The molecule has 0 aliphatic carbocycles. The van der Waals surface area contributed by atoms with Gasteiger partial charge in [-0.05, 0) is 61.9 Å². The quantitative estimate of drug-likeness (QED) is 0.853. The van der Waals surface area contributed by atoms with Gasteiger partial charge in [-0.25, -0.2) is 0 Å². The van der Waals surface area contributed by atoms with E-state index in [9.17, 15) is 0 Å². The Morgan fingerprint density at radius 3 is 2.60 bits per heavy atom. The molecule has 0 unspecified atom stereocenters. The average molecular weight is 318 g/mol. The molecule has 1 saturated heterocycles. The first kappa shape index (κ1) is 17.6. The molecular weight excluding hydrogens is 293 g/mol. The summed E-state index contributed by atoms with van der Waals surface area (Å²) in [4.78, 5) is 0. The Hall–Kier alpha value is -0.440. The Kier molecular flexibility index (Phi) is 7.71. The molecule has 4 heteroatoms. The van der Waals surface area contributed by atoms with Gasteiger partial charge in [0.05, 0.1) is 11.6 Å². The lowest BCUT2D eigenvalue weighted by Crippen LogP contribution is -2.28. The molecule has 1 aliphatic rings. The van der Waals surface area contributed by atoms with E-state index in [1.54, 1.807) is 0 Å². The minimum absolute atomic E-state index is 0. The maximum atomic E-state index is 6.26. The minimum atomic E-state index is 0. The maximum Gasteiger partial charge on any atom is 0.137 e. The summed E-state index contributed by atoms with van der Waals surface area (Å²) in [5.41, 5.74) is 1.26. The van der Waals surface area contributed by atoms with Crippen LogP contribution in [0.2, 0.25) is 5.02 Å². The molecule has 1 aromatic rings. The molecule has 0 spiro atoms. The first-order valence-electron chi connectivity index (χ1n) is 7.30. The van der Waals surface area contributed by atoms with Crippen LogP contribution in [0.5, 0.6) is 5.75 Å². The first-order valence-corrected chi connectivity index (χ1v) is 7.67. The van der Waals surface area contributed by atoms with E-state index in [-0.39, 0.29) is 12.4 Å². The molecule has 20 heavy (non-hydrogen) atoms. The molecule has 2 nitrogen and oxygen atoms in total. The number of ether oxygens (including phenoxy) is 1. The highest BCUT2D eigenvalue weighted by atomic mass is 35.5. The Bertz CT molecular complexity index is 403. The van der Waals surface area contributed by atoms with Crippen molar-refractivity contribution in [2.45, 2.75) is 39.0 Å².